The van der Waals surface area contributed by atoms with E-state index in [4.69, 9.17) is 5.73 Å². The highest BCUT2D eigenvalue weighted by molar-refractivity contribution is 5.94. The van der Waals surface area contributed by atoms with Gasteiger partial charge in [-0.15, -0.1) is 0 Å². The van der Waals surface area contributed by atoms with Crippen molar-refractivity contribution in [2.45, 2.75) is 6.92 Å². The lowest BCUT2D eigenvalue weighted by atomic mass is 10.1. The summed E-state index contributed by atoms with van der Waals surface area (Å²) in [5.41, 5.74) is 9.27. The van der Waals surface area contributed by atoms with E-state index < -0.39 is 5.91 Å². The first-order valence-electron chi connectivity index (χ1n) is 6.12. The van der Waals surface area contributed by atoms with Crippen LogP contribution in [-0.2, 0) is 7.05 Å². The number of aromatic nitrogens is 4. The summed E-state index contributed by atoms with van der Waals surface area (Å²) < 4.78 is 1.93. The summed E-state index contributed by atoms with van der Waals surface area (Å²) in [6, 6.07) is 5.80. The van der Waals surface area contributed by atoms with E-state index in [2.05, 4.69) is 15.0 Å². The van der Waals surface area contributed by atoms with E-state index >= 15 is 0 Å². The summed E-state index contributed by atoms with van der Waals surface area (Å²) in [4.78, 5) is 24.3. The van der Waals surface area contributed by atoms with Gasteiger partial charge in [0.05, 0.1) is 34.9 Å². The Balaban J connectivity index is 2.26. The second-order valence-corrected chi connectivity index (χ2v) is 4.58. The zero-order valence-corrected chi connectivity index (χ0v) is 11.2. The highest BCUT2D eigenvalue weighted by atomic mass is 16.1. The lowest BCUT2D eigenvalue weighted by molar-refractivity contribution is 0.0994. The predicted octanol–water partition coefficient (Wildman–Crippen LogP) is 1.44. The Labute approximate surface area is 115 Å². The first-order chi connectivity index (χ1) is 9.58. The number of aryl methyl sites for hydroxylation is 2. The number of hydrogen-bond acceptors (Lipinski definition) is 4. The number of hydrogen-bond donors (Lipinski definition) is 1. The lowest BCUT2D eigenvalue weighted by Gasteiger charge is -2.05. The molecule has 0 atom stereocenters. The Morgan fingerprint density at radius 2 is 2.10 bits per heavy atom. The van der Waals surface area contributed by atoms with Gasteiger partial charge in [0.2, 0.25) is 0 Å². The Morgan fingerprint density at radius 3 is 2.85 bits per heavy atom. The molecule has 0 saturated carbocycles. The van der Waals surface area contributed by atoms with E-state index in [-0.39, 0.29) is 5.69 Å². The van der Waals surface area contributed by atoms with Gasteiger partial charge in [-0.05, 0) is 13.0 Å². The molecule has 0 saturated heterocycles. The zero-order chi connectivity index (χ0) is 14.3. The number of carbonyl (C=O) groups is 1. The number of nitrogens with zero attached hydrogens (tertiary/aromatic N) is 4. The second kappa shape index (κ2) is 4.41. The molecule has 100 valence electrons. The smallest absolute Gasteiger partial charge is 0.269 e. The van der Waals surface area contributed by atoms with Crippen molar-refractivity contribution in [2.24, 2.45) is 12.8 Å². The van der Waals surface area contributed by atoms with Gasteiger partial charge in [0.25, 0.3) is 5.91 Å². The summed E-state index contributed by atoms with van der Waals surface area (Å²) >= 11 is 0. The number of para-hydroxylation sites is 1. The average Bonchev–Trinajstić information content (AvgIpc) is 2.81. The van der Waals surface area contributed by atoms with Gasteiger partial charge in [-0.1, -0.05) is 12.1 Å². The zero-order valence-electron chi connectivity index (χ0n) is 11.2. The van der Waals surface area contributed by atoms with E-state index in [0.29, 0.717) is 11.4 Å². The van der Waals surface area contributed by atoms with Gasteiger partial charge in [0.1, 0.15) is 5.69 Å². The van der Waals surface area contributed by atoms with Crippen molar-refractivity contribution < 1.29 is 4.79 Å². The average molecular weight is 267 g/mol. The Hall–Kier alpha value is -2.76. The van der Waals surface area contributed by atoms with E-state index in [1.807, 2.05) is 29.8 Å². The van der Waals surface area contributed by atoms with Gasteiger partial charge >= 0.3 is 0 Å². The second-order valence-electron chi connectivity index (χ2n) is 4.58. The molecule has 3 rings (SSSR count). The third-order valence-electron chi connectivity index (χ3n) is 3.22. The minimum Gasteiger partial charge on any atom is -0.364 e. The number of benzene rings is 1. The van der Waals surface area contributed by atoms with Gasteiger partial charge in [-0.3, -0.25) is 9.78 Å². The maximum Gasteiger partial charge on any atom is 0.269 e. The molecule has 0 fully saturated rings. The Bertz CT molecular complexity index is 822. The molecule has 0 aliphatic rings. The fourth-order valence-electron chi connectivity index (χ4n) is 2.18. The molecule has 3 aromatic rings. The third-order valence-corrected chi connectivity index (χ3v) is 3.22. The number of fused-ring (bicyclic) bond motifs is 1. The predicted molar refractivity (Wildman–Crippen MR) is 75.0 cm³/mol. The van der Waals surface area contributed by atoms with Crippen molar-refractivity contribution in [3.8, 4) is 11.3 Å². The highest BCUT2D eigenvalue weighted by Crippen LogP contribution is 2.25. The van der Waals surface area contributed by atoms with Crippen LogP contribution in [-0.4, -0.2) is 25.4 Å². The number of nitrogens with two attached hydrogens (primary N) is 1. The SMILES string of the molecule is Cc1ncc(-c2cccc3c2ncn3C)nc1C(N)=O. The van der Waals surface area contributed by atoms with Gasteiger partial charge < -0.3 is 10.3 Å². The molecule has 0 aliphatic heterocycles. The molecule has 0 spiro atoms. The molecule has 0 unspecified atom stereocenters. The summed E-state index contributed by atoms with van der Waals surface area (Å²) in [7, 11) is 1.93. The Kier molecular flexibility index (Phi) is 2.71. The van der Waals surface area contributed by atoms with E-state index in [1.54, 1.807) is 19.4 Å². The van der Waals surface area contributed by atoms with Gasteiger partial charge in [-0.25, -0.2) is 9.97 Å². The Morgan fingerprint density at radius 1 is 1.30 bits per heavy atom. The van der Waals surface area contributed by atoms with Crippen molar-refractivity contribution in [2.75, 3.05) is 0 Å². The van der Waals surface area contributed by atoms with Crippen LogP contribution in [0.3, 0.4) is 0 Å². The fraction of sp³-hybridized carbons (Fsp3) is 0.143. The molecule has 6 nitrogen and oxygen atoms in total. The molecule has 2 aromatic heterocycles. The molecule has 20 heavy (non-hydrogen) atoms. The van der Waals surface area contributed by atoms with Crippen molar-refractivity contribution >= 4 is 16.9 Å². The summed E-state index contributed by atoms with van der Waals surface area (Å²) in [5, 5.41) is 0. The van der Waals surface area contributed by atoms with Crippen LogP contribution in [0.2, 0.25) is 0 Å². The molecule has 1 amide bonds. The van der Waals surface area contributed by atoms with Crippen molar-refractivity contribution in [1.82, 2.24) is 19.5 Å². The van der Waals surface area contributed by atoms with Crippen LogP contribution in [0, 0.1) is 6.92 Å². The van der Waals surface area contributed by atoms with Crippen LogP contribution < -0.4 is 5.73 Å². The number of amides is 1. The van der Waals surface area contributed by atoms with E-state index in [9.17, 15) is 4.79 Å². The van der Waals surface area contributed by atoms with E-state index in [1.165, 1.54) is 0 Å². The van der Waals surface area contributed by atoms with Crippen LogP contribution in [0.5, 0.6) is 0 Å². The molecular weight excluding hydrogens is 254 g/mol. The third kappa shape index (κ3) is 1.82. The molecule has 0 radical (unpaired) electrons. The topological polar surface area (TPSA) is 86.7 Å². The van der Waals surface area contributed by atoms with Gasteiger partial charge in [0.15, 0.2) is 0 Å². The highest BCUT2D eigenvalue weighted by Gasteiger charge is 2.13. The summed E-state index contributed by atoms with van der Waals surface area (Å²) in [5.74, 6) is -0.579. The van der Waals surface area contributed by atoms with Crippen LogP contribution in [0.25, 0.3) is 22.3 Å². The maximum atomic E-state index is 11.4. The minimum absolute atomic E-state index is 0.190. The fourth-order valence-corrected chi connectivity index (χ4v) is 2.18. The molecule has 0 bridgehead atoms. The molecular formula is C14H13N5O. The van der Waals surface area contributed by atoms with Crippen LogP contribution in [0.15, 0.2) is 30.7 Å². The van der Waals surface area contributed by atoms with Crippen LogP contribution >= 0.6 is 0 Å². The summed E-state index contributed by atoms with van der Waals surface area (Å²) in [6.45, 7) is 1.71. The van der Waals surface area contributed by atoms with Crippen LogP contribution in [0.4, 0.5) is 0 Å². The lowest BCUT2D eigenvalue weighted by Crippen LogP contribution is -2.16. The van der Waals surface area contributed by atoms with Crippen molar-refractivity contribution in [3.63, 3.8) is 0 Å². The maximum absolute atomic E-state index is 11.4. The standard InChI is InChI=1S/C14H13N5O/c1-8-12(14(15)20)18-10(6-16-8)9-4-3-5-11-13(9)17-7-19(11)2/h3-7H,1-2H3,(H2,15,20). The largest absolute Gasteiger partial charge is 0.364 e. The number of imidazole rings is 1. The normalized spacial score (nSPS) is 10.9. The molecule has 2 N–H and O–H groups in total. The molecule has 1 aromatic carbocycles. The minimum atomic E-state index is -0.579. The van der Waals surface area contributed by atoms with Gasteiger partial charge in [0, 0.05) is 12.6 Å². The molecule has 0 aliphatic carbocycles. The van der Waals surface area contributed by atoms with E-state index in [0.717, 1.165) is 16.6 Å². The monoisotopic (exact) mass is 267 g/mol. The van der Waals surface area contributed by atoms with Gasteiger partial charge in [-0.2, -0.15) is 0 Å². The summed E-state index contributed by atoms with van der Waals surface area (Å²) in [6.07, 6.45) is 3.37. The number of carbonyl (C=O) groups excluding carboxylic acids is 1. The number of primary amides is 1. The molecule has 6 heteroatoms. The van der Waals surface area contributed by atoms with Crippen molar-refractivity contribution in [3.05, 3.63) is 42.1 Å². The van der Waals surface area contributed by atoms with Crippen molar-refractivity contribution in [1.29, 1.82) is 0 Å². The quantitative estimate of drug-likeness (QED) is 0.761. The number of rotatable bonds is 2. The van der Waals surface area contributed by atoms with Crippen LogP contribution in [0.1, 0.15) is 16.2 Å². The molecule has 2 heterocycles. The first-order valence-corrected chi connectivity index (χ1v) is 6.12. The first kappa shape index (κ1) is 12.3.